The van der Waals surface area contributed by atoms with Crippen molar-refractivity contribution in [2.45, 2.75) is 46.1 Å². The Labute approximate surface area is 105 Å². The van der Waals surface area contributed by atoms with E-state index in [0.29, 0.717) is 24.1 Å². The fraction of sp³-hybridized carbons (Fsp3) is 0.636. The number of anilines is 1. The third-order valence-electron chi connectivity index (χ3n) is 2.64. The van der Waals surface area contributed by atoms with E-state index in [1.54, 1.807) is 4.68 Å². The number of hydrogen-bond donors (Lipinski definition) is 1. The van der Waals surface area contributed by atoms with Gasteiger partial charge in [0.25, 0.3) is 0 Å². The second kappa shape index (κ2) is 5.16. The SMILES string of the molecule is CCCc1c(N)nnn1Cc1nc(C(C)C)no1. The van der Waals surface area contributed by atoms with Crippen molar-refractivity contribution in [2.75, 3.05) is 5.73 Å². The van der Waals surface area contributed by atoms with Gasteiger partial charge >= 0.3 is 0 Å². The summed E-state index contributed by atoms with van der Waals surface area (Å²) < 4.78 is 6.90. The van der Waals surface area contributed by atoms with E-state index in [-0.39, 0.29) is 5.92 Å². The normalized spacial score (nSPS) is 11.3. The highest BCUT2D eigenvalue weighted by molar-refractivity contribution is 5.33. The molecule has 0 aliphatic rings. The van der Waals surface area contributed by atoms with Crippen molar-refractivity contribution in [1.29, 1.82) is 0 Å². The van der Waals surface area contributed by atoms with Crippen molar-refractivity contribution in [2.24, 2.45) is 0 Å². The Hall–Kier alpha value is -1.92. The molecule has 2 heterocycles. The van der Waals surface area contributed by atoms with Crippen LogP contribution in [-0.2, 0) is 13.0 Å². The zero-order valence-electron chi connectivity index (χ0n) is 10.9. The Kier molecular flexibility index (Phi) is 3.59. The minimum absolute atomic E-state index is 0.249. The van der Waals surface area contributed by atoms with E-state index in [2.05, 4.69) is 27.4 Å². The molecule has 2 aromatic rings. The standard InChI is InChI=1S/C11H18N6O/c1-4-5-8-10(12)14-16-17(8)6-9-13-11(7(2)3)15-18-9/h7H,4-6,12H2,1-3H3. The van der Waals surface area contributed by atoms with Crippen molar-refractivity contribution in [1.82, 2.24) is 25.1 Å². The third-order valence-corrected chi connectivity index (χ3v) is 2.64. The monoisotopic (exact) mass is 250 g/mol. The molecule has 0 aliphatic carbocycles. The van der Waals surface area contributed by atoms with Crippen LogP contribution in [0, 0.1) is 0 Å². The molecule has 0 saturated carbocycles. The number of hydrogen-bond acceptors (Lipinski definition) is 6. The minimum Gasteiger partial charge on any atom is -0.381 e. The van der Waals surface area contributed by atoms with Crippen LogP contribution >= 0.6 is 0 Å². The quantitative estimate of drug-likeness (QED) is 0.860. The van der Waals surface area contributed by atoms with Gasteiger partial charge < -0.3 is 10.3 Å². The van der Waals surface area contributed by atoms with Gasteiger partial charge in [0.05, 0.1) is 5.69 Å². The molecular weight excluding hydrogens is 232 g/mol. The molecule has 18 heavy (non-hydrogen) atoms. The third kappa shape index (κ3) is 2.49. The number of nitrogens with two attached hydrogens (primary N) is 1. The Morgan fingerprint density at radius 2 is 2.17 bits per heavy atom. The van der Waals surface area contributed by atoms with Crippen molar-refractivity contribution < 1.29 is 4.52 Å². The molecule has 0 bridgehead atoms. The summed E-state index contributed by atoms with van der Waals surface area (Å²) in [6.45, 7) is 6.54. The summed E-state index contributed by atoms with van der Waals surface area (Å²) in [5, 5.41) is 11.8. The smallest absolute Gasteiger partial charge is 0.248 e. The van der Waals surface area contributed by atoms with Gasteiger partial charge in [-0.2, -0.15) is 4.98 Å². The molecule has 0 atom stereocenters. The Bertz CT molecular complexity index is 515. The predicted molar refractivity (Wildman–Crippen MR) is 65.9 cm³/mol. The highest BCUT2D eigenvalue weighted by Crippen LogP contribution is 2.14. The number of aromatic nitrogens is 5. The molecule has 0 unspecified atom stereocenters. The molecule has 7 heteroatoms. The summed E-state index contributed by atoms with van der Waals surface area (Å²) in [5.74, 6) is 1.95. The van der Waals surface area contributed by atoms with Gasteiger partial charge in [-0.05, 0) is 6.42 Å². The van der Waals surface area contributed by atoms with Gasteiger partial charge in [0.1, 0.15) is 6.54 Å². The Balaban J connectivity index is 2.17. The molecule has 0 saturated heterocycles. The summed E-state index contributed by atoms with van der Waals surface area (Å²) in [7, 11) is 0. The summed E-state index contributed by atoms with van der Waals surface area (Å²) in [4.78, 5) is 4.31. The molecule has 0 aromatic carbocycles. The first-order valence-corrected chi connectivity index (χ1v) is 6.12. The highest BCUT2D eigenvalue weighted by atomic mass is 16.5. The first-order chi connectivity index (χ1) is 8.61. The highest BCUT2D eigenvalue weighted by Gasteiger charge is 2.14. The van der Waals surface area contributed by atoms with Crippen molar-refractivity contribution in [3.05, 3.63) is 17.4 Å². The fourth-order valence-electron chi connectivity index (χ4n) is 1.66. The number of nitrogen functional groups attached to an aromatic ring is 1. The molecule has 2 rings (SSSR count). The van der Waals surface area contributed by atoms with E-state index < -0.39 is 0 Å². The van der Waals surface area contributed by atoms with Crippen LogP contribution in [-0.4, -0.2) is 25.1 Å². The van der Waals surface area contributed by atoms with Crippen molar-refractivity contribution in [3.63, 3.8) is 0 Å². The number of nitrogens with zero attached hydrogens (tertiary/aromatic N) is 5. The first-order valence-electron chi connectivity index (χ1n) is 6.12. The lowest BCUT2D eigenvalue weighted by atomic mass is 10.2. The van der Waals surface area contributed by atoms with Crippen LogP contribution in [0.3, 0.4) is 0 Å². The maximum absolute atomic E-state index is 5.77. The van der Waals surface area contributed by atoms with E-state index in [4.69, 9.17) is 10.3 Å². The van der Waals surface area contributed by atoms with Crippen molar-refractivity contribution in [3.8, 4) is 0 Å². The maximum Gasteiger partial charge on any atom is 0.248 e. The van der Waals surface area contributed by atoms with Gasteiger partial charge in [0.15, 0.2) is 11.6 Å². The lowest BCUT2D eigenvalue weighted by molar-refractivity contribution is 0.356. The van der Waals surface area contributed by atoms with E-state index >= 15 is 0 Å². The van der Waals surface area contributed by atoms with Gasteiger partial charge in [0, 0.05) is 5.92 Å². The second-order valence-corrected chi connectivity index (χ2v) is 4.53. The minimum atomic E-state index is 0.249. The lowest BCUT2D eigenvalue weighted by Crippen LogP contribution is -2.08. The fourth-order valence-corrected chi connectivity index (χ4v) is 1.66. The molecule has 2 aromatic heterocycles. The first kappa shape index (κ1) is 12.5. The van der Waals surface area contributed by atoms with Crippen LogP contribution in [0.1, 0.15) is 50.5 Å². The molecule has 0 spiro atoms. The molecule has 7 nitrogen and oxygen atoms in total. The van der Waals surface area contributed by atoms with Gasteiger partial charge in [-0.15, -0.1) is 5.10 Å². The van der Waals surface area contributed by atoms with Crippen LogP contribution < -0.4 is 5.73 Å². The van der Waals surface area contributed by atoms with Crippen LogP contribution in [0.15, 0.2) is 4.52 Å². The molecule has 2 N–H and O–H groups in total. The number of rotatable bonds is 5. The van der Waals surface area contributed by atoms with E-state index in [1.807, 2.05) is 13.8 Å². The average molecular weight is 250 g/mol. The molecule has 0 radical (unpaired) electrons. The summed E-state index contributed by atoms with van der Waals surface area (Å²) in [5.41, 5.74) is 6.69. The van der Waals surface area contributed by atoms with E-state index in [1.165, 1.54) is 0 Å². The molecule has 0 amide bonds. The van der Waals surface area contributed by atoms with E-state index in [9.17, 15) is 0 Å². The van der Waals surface area contributed by atoms with Crippen LogP contribution in [0.4, 0.5) is 5.82 Å². The van der Waals surface area contributed by atoms with Crippen LogP contribution in [0.5, 0.6) is 0 Å². The average Bonchev–Trinajstić information content (AvgIpc) is 2.91. The largest absolute Gasteiger partial charge is 0.381 e. The van der Waals surface area contributed by atoms with E-state index in [0.717, 1.165) is 18.5 Å². The molecule has 0 fully saturated rings. The zero-order chi connectivity index (χ0) is 13.1. The van der Waals surface area contributed by atoms with Gasteiger partial charge in [-0.3, -0.25) is 0 Å². The Morgan fingerprint density at radius 1 is 1.39 bits per heavy atom. The van der Waals surface area contributed by atoms with Crippen LogP contribution in [0.2, 0.25) is 0 Å². The predicted octanol–water partition coefficient (Wildman–Crippen LogP) is 1.37. The Morgan fingerprint density at radius 3 is 2.78 bits per heavy atom. The van der Waals surface area contributed by atoms with Gasteiger partial charge in [-0.1, -0.05) is 37.6 Å². The van der Waals surface area contributed by atoms with Crippen LogP contribution in [0.25, 0.3) is 0 Å². The van der Waals surface area contributed by atoms with Crippen molar-refractivity contribution >= 4 is 5.82 Å². The summed E-state index contributed by atoms with van der Waals surface area (Å²) in [6, 6.07) is 0. The zero-order valence-corrected chi connectivity index (χ0v) is 10.9. The molecule has 0 aliphatic heterocycles. The van der Waals surface area contributed by atoms with Gasteiger partial charge in [0.2, 0.25) is 5.89 Å². The van der Waals surface area contributed by atoms with Gasteiger partial charge in [-0.25, -0.2) is 4.68 Å². The summed E-state index contributed by atoms with van der Waals surface area (Å²) in [6.07, 6.45) is 1.82. The maximum atomic E-state index is 5.77. The summed E-state index contributed by atoms with van der Waals surface area (Å²) >= 11 is 0. The topological polar surface area (TPSA) is 95.7 Å². The second-order valence-electron chi connectivity index (χ2n) is 4.53. The lowest BCUT2D eigenvalue weighted by Gasteiger charge is -2.02. The molecular formula is C11H18N6O. The molecule has 98 valence electrons.